The third-order valence-corrected chi connectivity index (χ3v) is 7.56. The molecule has 0 N–H and O–H groups in total. The Balaban J connectivity index is 1.63. The summed E-state index contributed by atoms with van der Waals surface area (Å²) in [6, 6.07) is 0. The van der Waals surface area contributed by atoms with Crippen LogP contribution in [0.15, 0.2) is 0 Å². The lowest BCUT2D eigenvalue weighted by Gasteiger charge is -2.37. The lowest BCUT2D eigenvalue weighted by Crippen LogP contribution is -2.28. The van der Waals surface area contributed by atoms with Gasteiger partial charge in [-0.25, -0.2) is 0 Å². The summed E-state index contributed by atoms with van der Waals surface area (Å²) in [7, 11) is 0. The highest BCUT2D eigenvalue weighted by molar-refractivity contribution is 14.1. The molecule has 1 nitrogen and oxygen atoms in total. The first-order valence-electron chi connectivity index (χ1n) is 10.5. The van der Waals surface area contributed by atoms with Crippen molar-refractivity contribution in [3.8, 4) is 0 Å². The van der Waals surface area contributed by atoms with Crippen molar-refractivity contribution >= 4 is 22.6 Å². The number of alkyl halides is 1. The Morgan fingerprint density at radius 3 is 2.00 bits per heavy atom. The van der Waals surface area contributed by atoms with Gasteiger partial charge in [0, 0.05) is 10.5 Å². The van der Waals surface area contributed by atoms with E-state index < -0.39 is 0 Å². The van der Waals surface area contributed by atoms with Crippen molar-refractivity contribution in [1.29, 1.82) is 0 Å². The molecule has 0 aromatic heterocycles. The maximum atomic E-state index is 6.32. The van der Waals surface area contributed by atoms with Crippen LogP contribution >= 0.6 is 22.6 Å². The second-order valence-corrected chi connectivity index (χ2v) is 9.94. The molecule has 0 heterocycles. The maximum absolute atomic E-state index is 6.32. The van der Waals surface area contributed by atoms with Crippen LogP contribution < -0.4 is 0 Å². The van der Waals surface area contributed by atoms with Gasteiger partial charge in [0.2, 0.25) is 0 Å². The van der Waals surface area contributed by atoms with Crippen LogP contribution in [0.3, 0.4) is 0 Å². The van der Waals surface area contributed by atoms with E-state index >= 15 is 0 Å². The quantitative estimate of drug-likeness (QED) is 0.276. The Morgan fingerprint density at radius 1 is 0.826 bits per heavy atom. The molecule has 0 aromatic carbocycles. The van der Waals surface area contributed by atoms with Crippen LogP contribution in [0.2, 0.25) is 0 Å². The molecule has 0 radical (unpaired) electrons. The van der Waals surface area contributed by atoms with Crippen molar-refractivity contribution in [1.82, 2.24) is 0 Å². The topological polar surface area (TPSA) is 9.23 Å². The summed E-state index contributed by atoms with van der Waals surface area (Å²) in [5.74, 6) is 2.95. The molecule has 1 atom stereocenters. The van der Waals surface area contributed by atoms with E-state index in [9.17, 15) is 0 Å². The predicted octanol–water partition coefficient (Wildman–Crippen LogP) is 7.16. The molecule has 0 amide bonds. The lowest BCUT2D eigenvalue weighted by atomic mass is 9.71. The minimum atomic E-state index is 0.539. The van der Waals surface area contributed by atoms with Crippen LogP contribution in [0, 0.1) is 17.8 Å². The van der Waals surface area contributed by atoms with Crippen molar-refractivity contribution in [3.63, 3.8) is 0 Å². The standard InChI is InChI=1S/C21H39IO/c1-3-5-7-21(6-4-2)23-16-17-8-10-18(11-9-17)19-12-14-20(22)15-13-19/h17-21H,3-16H2,1-2H3. The van der Waals surface area contributed by atoms with Crippen molar-refractivity contribution in [2.45, 2.75) is 107 Å². The van der Waals surface area contributed by atoms with Gasteiger partial charge in [0.1, 0.15) is 0 Å². The molecule has 1 unspecified atom stereocenters. The number of hydrogen-bond acceptors (Lipinski definition) is 1. The zero-order valence-electron chi connectivity index (χ0n) is 15.6. The van der Waals surface area contributed by atoms with Gasteiger partial charge in [0.25, 0.3) is 0 Å². The van der Waals surface area contributed by atoms with Gasteiger partial charge >= 0.3 is 0 Å². The van der Waals surface area contributed by atoms with E-state index in [0.29, 0.717) is 6.10 Å². The van der Waals surface area contributed by atoms with E-state index in [1.165, 1.54) is 83.5 Å². The van der Waals surface area contributed by atoms with Gasteiger partial charge in [-0.2, -0.15) is 0 Å². The first-order valence-corrected chi connectivity index (χ1v) is 11.7. The number of hydrogen-bond donors (Lipinski definition) is 0. The number of halogens is 1. The fourth-order valence-corrected chi connectivity index (χ4v) is 5.43. The lowest BCUT2D eigenvalue weighted by molar-refractivity contribution is 0.00346. The summed E-state index contributed by atoms with van der Waals surface area (Å²) in [5, 5.41) is 0. The number of unbranched alkanes of at least 4 members (excludes halogenated alkanes) is 1. The third kappa shape index (κ3) is 7.22. The molecule has 2 heteroatoms. The van der Waals surface area contributed by atoms with Crippen LogP contribution in [0.1, 0.15) is 97.3 Å². The molecule has 0 spiro atoms. The minimum Gasteiger partial charge on any atom is -0.378 e. The highest BCUT2D eigenvalue weighted by Gasteiger charge is 2.30. The van der Waals surface area contributed by atoms with Crippen LogP contribution in [0.5, 0.6) is 0 Å². The molecule has 23 heavy (non-hydrogen) atoms. The van der Waals surface area contributed by atoms with Crippen LogP contribution in [0.4, 0.5) is 0 Å². The summed E-state index contributed by atoms with van der Waals surface area (Å²) >= 11 is 2.66. The highest BCUT2D eigenvalue weighted by Crippen LogP contribution is 2.41. The predicted molar refractivity (Wildman–Crippen MR) is 109 cm³/mol. The summed E-state index contributed by atoms with van der Waals surface area (Å²) < 4.78 is 7.28. The molecular formula is C21H39IO. The molecule has 2 aliphatic carbocycles. The van der Waals surface area contributed by atoms with Gasteiger partial charge in [-0.1, -0.05) is 55.7 Å². The van der Waals surface area contributed by atoms with Crippen LogP contribution in [-0.2, 0) is 4.74 Å². The van der Waals surface area contributed by atoms with Gasteiger partial charge in [-0.15, -0.1) is 0 Å². The first kappa shape index (κ1) is 20.0. The fourth-order valence-electron chi connectivity index (χ4n) is 4.71. The van der Waals surface area contributed by atoms with Crippen molar-refractivity contribution in [2.24, 2.45) is 17.8 Å². The first-order chi connectivity index (χ1) is 11.2. The Labute approximate surface area is 158 Å². The van der Waals surface area contributed by atoms with E-state index in [1.807, 2.05) is 0 Å². The van der Waals surface area contributed by atoms with Gasteiger partial charge in [-0.05, 0) is 82.0 Å². The van der Waals surface area contributed by atoms with Gasteiger partial charge in [0.15, 0.2) is 0 Å². The molecule has 136 valence electrons. The van der Waals surface area contributed by atoms with Gasteiger partial charge in [0.05, 0.1) is 6.10 Å². The largest absolute Gasteiger partial charge is 0.378 e. The zero-order chi connectivity index (χ0) is 16.5. The molecule has 2 fully saturated rings. The number of ether oxygens (including phenoxy) is 1. The molecule has 0 aliphatic heterocycles. The monoisotopic (exact) mass is 434 g/mol. The molecule has 2 aliphatic rings. The van der Waals surface area contributed by atoms with Gasteiger partial charge < -0.3 is 4.74 Å². The smallest absolute Gasteiger partial charge is 0.0575 e. The Hall–Kier alpha value is 0.690. The molecule has 0 aromatic rings. The highest BCUT2D eigenvalue weighted by atomic mass is 127. The second kappa shape index (κ2) is 11.3. The van der Waals surface area contributed by atoms with Crippen LogP contribution in [-0.4, -0.2) is 16.6 Å². The van der Waals surface area contributed by atoms with E-state index in [0.717, 1.165) is 28.3 Å². The zero-order valence-corrected chi connectivity index (χ0v) is 17.7. The SMILES string of the molecule is CCCCC(CCC)OCC1CCC(C2CCC(I)CC2)CC1. The second-order valence-electron chi connectivity index (χ2n) is 8.18. The number of rotatable bonds is 9. The van der Waals surface area contributed by atoms with Crippen molar-refractivity contribution in [2.75, 3.05) is 6.61 Å². The average Bonchev–Trinajstić information content (AvgIpc) is 2.58. The van der Waals surface area contributed by atoms with Crippen molar-refractivity contribution < 1.29 is 4.74 Å². The Morgan fingerprint density at radius 2 is 1.43 bits per heavy atom. The summed E-state index contributed by atoms with van der Waals surface area (Å²) in [6.45, 7) is 5.62. The average molecular weight is 434 g/mol. The molecule has 2 rings (SSSR count). The van der Waals surface area contributed by atoms with Gasteiger partial charge in [-0.3, -0.25) is 0 Å². The Bertz CT molecular complexity index is 290. The minimum absolute atomic E-state index is 0.539. The summed E-state index contributed by atoms with van der Waals surface area (Å²) in [5.41, 5.74) is 0. The van der Waals surface area contributed by atoms with Crippen LogP contribution in [0.25, 0.3) is 0 Å². The summed E-state index contributed by atoms with van der Waals surface area (Å²) in [4.78, 5) is 0. The van der Waals surface area contributed by atoms with Crippen molar-refractivity contribution in [3.05, 3.63) is 0 Å². The third-order valence-electron chi connectivity index (χ3n) is 6.32. The molecular weight excluding hydrogens is 395 g/mol. The van der Waals surface area contributed by atoms with E-state index in [2.05, 4.69) is 36.4 Å². The Kier molecular flexibility index (Phi) is 9.86. The van der Waals surface area contributed by atoms with E-state index in [1.54, 1.807) is 0 Å². The molecule has 0 saturated heterocycles. The fraction of sp³-hybridized carbons (Fsp3) is 1.00. The normalized spacial score (nSPS) is 33.5. The molecule has 2 saturated carbocycles. The van der Waals surface area contributed by atoms with E-state index in [-0.39, 0.29) is 0 Å². The maximum Gasteiger partial charge on any atom is 0.0575 e. The van der Waals surface area contributed by atoms with E-state index in [4.69, 9.17) is 4.74 Å². The summed E-state index contributed by atoms with van der Waals surface area (Å²) in [6.07, 6.45) is 18.8. The molecule has 0 bridgehead atoms.